The number of rotatable bonds is 7. The van der Waals surface area contributed by atoms with Crippen molar-refractivity contribution in [3.63, 3.8) is 0 Å². The first-order valence-electron chi connectivity index (χ1n) is 7.97. The molecule has 2 aromatic rings. The summed E-state index contributed by atoms with van der Waals surface area (Å²) in [6.45, 7) is 2.05. The Morgan fingerprint density at radius 2 is 1.50 bits per heavy atom. The van der Waals surface area contributed by atoms with Crippen molar-refractivity contribution < 1.29 is 14.3 Å². The minimum absolute atomic E-state index is 0.00714. The van der Waals surface area contributed by atoms with Gasteiger partial charge in [-0.1, -0.05) is 13.3 Å². The van der Waals surface area contributed by atoms with Gasteiger partial charge in [-0.2, -0.15) is 0 Å². The van der Waals surface area contributed by atoms with E-state index in [4.69, 9.17) is 4.74 Å². The predicted molar refractivity (Wildman–Crippen MR) is 95.5 cm³/mol. The van der Waals surface area contributed by atoms with Gasteiger partial charge in [-0.25, -0.2) is 0 Å². The molecule has 0 spiro atoms. The second-order valence-corrected chi connectivity index (χ2v) is 5.41. The summed E-state index contributed by atoms with van der Waals surface area (Å²) in [6, 6.07) is 14.0. The van der Waals surface area contributed by atoms with Crippen molar-refractivity contribution in [1.82, 2.24) is 0 Å². The molecular formula is C19H22N2O3. The van der Waals surface area contributed by atoms with Gasteiger partial charge in [0.25, 0.3) is 5.91 Å². The van der Waals surface area contributed by atoms with Crippen LogP contribution in [-0.4, -0.2) is 18.9 Å². The normalized spacial score (nSPS) is 10.1. The summed E-state index contributed by atoms with van der Waals surface area (Å²) < 4.78 is 5.08. The molecule has 2 N–H and O–H groups in total. The standard InChI is InChI=1S/C19H22N2O3/c1-3-4-5-18(22)20-15-8-6-14(7-9-15)19(23)21-16-10-12-17(24-2)13-11-16/h6-13H,3-5H2,1-2H3,(H,20,22)(H,21,23). The van der Waals surface area contributed by atoms with Crippen molar-refractivity contribution in [3.05, 3.63) is 54.1 Å². The molecule has 0 aliphatic rings. The molecule has 5 nitrogen and oxygen atoms in total. The molecular weight excluding hydrogens is 304 g/mol. The Bertz CT molecular complexity index is 679. The second kappa shape index (κ2) is 8.72. The molecule has 2 rings (SSSR count). The third-order valence-corrected chi connectivity index (χ3v) is 3.54. The molecule has 0 saturated heterocycles. The first-order chi connectivity index (χ1) is 11.6. The van der Waals surface area contributed by atoms with Crippen LogP contribution in [0.15, 0.2) is 48.5 Å². The fourth-order valence-electron chi connectivity index (χ4n) is 2.14. The SMILES string of the molecule is CCCCC(=O)Nc1ccc(C(=O)Nc2ccc(OC)cc2)cc1. The van der Waals surface area contributed by atoms with Crippen molar-refractivity contribution >= 4 is 23.2 Å². The molecule has 126 valence electrons. The lowest BCUT2D eigenvalue weighted by Gasteiger charge is -2.08. The lowest BCUT2D eigenvalue weighted by Crippen LogP contribution is -2.13. The molecule has 5 heteroatoms. The van der Waals surface area contributed by atoms with Crippen LogP contribution in [-0.2, 0) is 4.79 Å². The largest absolute Gasteiger partial charge is 0.497 e. The number of ether oxygens (including phenoxy) is 1. The molecule has 0 aliphatic carbocycles. The molecule has 24 heavy (non-hydrogen) atoms. The van der Waals surface area contributed by atoms with E-state index in [9.17, 15) is 9.59 Å². The zero-order chi connectivity index (χ0) is 17.4. The highest BCUT2D eigenvalue weighted by Gasteiger charge is 2.07. The Labute approximate surface area is 142 Å². The lowest BCUT2D eigenvalue weighted by atomic mass is 10.1. The maximum absolute atomic E-state index is 12.2. The van der Waals surface area contributed by atoms with Gasteiger partial charge in [0.05, 0.1) is 7.11 Å². The molecule has 0 radical (unpaired) electrons. The molecule has 0 saturated carbocycles. The number of hydrogen-bond acceptors (Lipinski definition) is 3. The second-order valence-electron chi connectivity index (χ2n) is 5.41. The molecule has 2 amide bonds. The molecule has 0 bridgehead atoms. The zero-order valence-corrected chi connectivity index (χ0v) is 14.0. The van der Waals surface area contributed by atoms with E-state index in [0.717, 1.165) is 18.6 Å². The number of unbranched alkanes of at least 4 members (excludes halogenated alkanes) is 1. The lowest BCUT2D eigenvalue weighted by molar-refractivity contribution is -0.116. The van der Waals surface area contributed by atoms with Crippen LogP contribution in [0.25, 0.3) is 0 Å². The zero-order valence-electron chi connectivity index (χ0n) is 14.0. The van der Waals surface area contributed by atoms with Crippen LogP contribution in [0.1, 0.15) is 36.5 Å². The van der Waals surface area contributed by atoms with Gasteiger partial charge in [-0.3, -0.25) is 9.59 Å². The van der Waals surface area contributed by atoms with Crippen LogP contribution in [0.3, 0.4) is 0 Å². The summed E-state index contributed by atoms with van der Waals surface area (Å²) in [5, 5.41) is 5.64. The third kappa shape index (κ3) is 5.12. The van der Waals surface area contributed by atoms with Gasteiger partial charge in [-0.05, 0) is 55.0 Å². The Balaban J connectivity index is 1.93. The molecule has 0 unspecified atom stereocenters. The van der Waals surface area contributed by atoms with Crippen molar-refractivity contribution in [1.29, 1.82) is 0 Å². The van der Waals surface area contributed by atoms with Gasteiger partial charge < -0.3 is 15.4 Å². The van der Waals surface area contributed by atoms with E-state index in [1.54, 1.807) is 55.6 Å². The molecule has 0 heterocycles. The minimum atomic E-state index is -0.205. The van der Waals surface area contributed by atoms with Gasteiger partial charge in [0.15, 0.2) is 0 Å². The third-order valence-electron chi connectivity index (χ3n) is 3.54. The van der Waals surface area contributed by atoms with Crippen molar-refractivity contribution in [2.45, 2.75) is 26.2 Å². The van der Waals surface area contributed by atoms with E-state index < -0.39 is 0 Å². The van der Waals surface area contributed by atoms with Gasteiger partial charge in [0.2, 0.25) is 5.91 Å². The van der Waals surface area contributed by atoms with Crippen molar-refractivity contribution in [2.75, 3.05) is 17.7 Å². The molecule has 0 aromatic heterocycles. The number of nitrogens with one attached hydrogen (secondary N) is 2. The summed E-state index contributed by atoms with van der Waals surface area (Å²) in [7, 11) is 1.59. The highest BCUT2D eigenvalue weighted by atomic mass is 16.5. The quantitative estimate of drug-likeness (QED) is 0.806. The van der Waals surface area contributed by atoms with Crippen LogP contribution in [0.5, 0.6) is 5.75 Å². The topological polar surface area (TPSA) is 67.4 Å². The summed E-state index contributed by atoms with van der Waals surface area (Å²) in [5.74, 6) is 0.521. The monoisotopic (exact) mass is 326 g/mol. The maximum Gasteiger partial charge on any atom is 0.255 e. The summed E-state index contributed by atoms with van der Waals surface area (Å²) in [5.41, 5.74) is 1.91. The molecule has 0 atom stereocenters. The average Bonchev–Trinajstić information content (AvgIpc) is 2.61. The van der Waals surface area contributed by atoms with E-state index in [1.807, 2.05) is 6.92 Å². The molecule has 2 aromatic carbocycles. The van der Waals surface area contributed by atoms with E-state index in [2.05, 4.69) is 10.6 Å². The highest BCUT2D eigenvalue weighted by molar-refractivity contribution is 6.04. The number of methoxy groups -OCH3 is 1. The van der Waals surface area contributed by atoms with Gasteiger partial charge >= 0.3 is 0 Å². The molecule has 0 fully saturated rings. The number of amides is 2. The predicted octanol–water partition coefficient (Wildman–Crippen LogP) is 4.08. The Morgan fingerprint density at radius 3 is 2.08 bits per heavy atom. The smallest absolute Gasteiger partial charge is 0.255 e. The number of carbonyl (C=O) groups is 2. The van der Waals surface area contributed by atoms with Crippen LogP contribution in [0.4, 0.5) is 11.4 Å². The summed E-state index contributed by atoms with van der Waals surface area (Å²) in [6.07, 6.45) is 2.36. The summed E-state index contributed by atoms with van der Waals surface area (Å²) >= 11 is 0. The van der Waals surface area contributed by atoms with Crippen molar-refractivity contribution in [2.24, 2.45) is 0 Å². The average molecular weight is 326 g/mol. The van der Waals surface area contributed by atoms with E-state index >= 15 is 0 Å². The molecule has 0 aliphatic heterocycles. The Morgan fingerprint density at radius 1 is 0.917 bits per heavy atom. The first-order valence-corrected chi connectivity index (χ1v) is 7.97. The fourth-order valence-corrected chi connectivity index (χ4v) is 2.14. The van der Waals surface area contributed by atoms with Crippen LogP contribution in [0, 0.1) is 0 Å². The highest BCUT2D eigenvalue weighted by Crippen LogP contribution is 2.17. The minimum Gasteiger partial charge on any atom is -0.497 e. The van der Waals surface area contributed by atoms with Crippen LogP contribution >= 0.6 is 0 Å². The van der Waals surface area contributed by atoms with E-state index in [-0.39, 0.29) is 11.8 Å². The Kier molecular flexibility index (Phi) is 6.37. The Hall–Kier alpha value is -2.82. The fraction of sp³-hybridized carbons (Fsp3) is 0.263. The van der Waals surface area contributed by atoms with E-state index in [0.29, 0.717) is 23.4 Å². The number of benzene rings is 2. The number of hydrogen-bond donors (Lipinski definition) is 2. The number of anilines is 2. The van der Waals surface area contributed by atoms with Gasteiger partial charge in [0.1, 0.15) is 5.75 Å². The first kappa shape index (κ1) is 17.5. The summed E-state index contributed by atoms with van der Waals surface area (Å²) in [4.78, 5) is 23.9. The van der Waals surface area contributed by atoms with Crippen molar-refractivity contribution in [3.8, 4) is 5.75 Å². The number of carbonyl (C=O) groups excluding carboxylic acids is 2. The van der Waals surface area contributed by atoms with Crippen LogP contribution < -0.4 is 15.4 Å². The maximum atomic E-state index is 12.2. The van der Waals surface area contributed by atoms with Gasteiger partial charge in [0, 0.05) is 23.4 Å². The van der Waals surface area contributed by atoms with Crippen LogP contribution in [0.2, 0.25) is 0 Å². The van der Waals surface area contributed by atoms with E-state index in [1.165, 1.54) is 0 Å². The van der Waals surface area contributed by atoms with Gasteiger partial charge in [-0.15, -0.1) is 0 Å².